The molecule has 0 radical (unpaired) electrons. The number of nitrogens with zero attached hydrogens (tertiary/aromatic N) is 5. The van der Waals surface area contributed by atoms with Gasteiger partial charge in [0.05, 0.1) is 24.0 Å². The van der Waals surface area contributed by atoms with Crippen molar-refractivity contribution in [3.05, 3.63) is 59.8 Å². The number of aromatic nitrogens is 5. The van der Waals surface area contributed by atoms with Crippen molar-refractivity contribution in [2.75, 3.05) is 5.32 Å². The SMILES string of the molecule is O=C(Nc1ccn(Cc2ccncc2)n1)c1cnn(CC(F)(F)F)c1C1CC1. The number of anilines is 1. The molecule has 0 spiro atoms. The van der Waals surface area contributed by atoms with Gasteiger partial charge in [0.25, 0.3) is 5.91 Å². The zero-order valence-electron chi connectivity index (χ0n) is 14.7. The van der Waals surface area contributed by atoms with Crippen LogP contribution in [0.2, 0.25) is 0 Å². The third-order valence-electron chi connectivity index (χ3n) is 4.39. The van der Waals surface area contributed by atoms with Crippen LogP contribution in [0.5, 0.6) is 0 Å². The molecular weight excluding hydrogens is 373 g/mol. The number of halogens is 3. The highest BCUT2D eigenvalue weighted by atomic mass is 19.4. The van der Waals surface area contributed by atoms with Gasteiger partial charge in [-0.05, 0) is 30.5 Å². The van der Waals surface area contributed by atoms with E-state index < -0.39 is 18.6 Å². The topological polar surface area (TPSA) is 77.6 Å². The summed E-state index contributed by atoms with van der Waals surface area (Å²) in [6, 6.07) is 5.35. The average Bonchev–Trinajstić information content (AvgIpc) is 3.25. The summed E-state index contributed by atoms with van der Waals surface area (Å²) in [7, 11) is 0. The molecule has 3 aromatic rings. The van der Waals surface area contributed by atoms with Crippen molar-refractivity contribution in [2.45, 2.75) is 38.0 Å². The molecule has 0 saturated heterocycles. The van der Waals surface area contributed by atoms with Crippen LogP contribution in [0.4, 0.5) is 19.0 Å². The van der Waals surface area contributed by atoms with Crippen LogP contribution in [0.3, 0.4) is 0 Å². The van der Waals surface area contributed by atoms with Crippen molar-refractivity contribution in [3.8, 4) is 0 Å². The highest BCUT2D eigenvalue weighted by Crippen LogP contribution is 2.42. The quantitative estimate of drug-likeness (QED) is 0.701. The number of alkyl halides is 3. The van der Waals surface area contributed by atoms with Crippen molar-refractivity contribution >= 4 is 11.7 Å². The van der Waals surface area contributed by atoms with E-state index in [4.69, 9.17) is 0 Å². The second kappa shape index (κ2) is 7.10. The Bertz CT molecular complexity index is 975. The number of hydrogen-bond acceptors (Lipinski definition) is 4. The number of pyridine rings is 1. The Morgan fingerprint density at radius 3 is 2.64 bits per heavy atom. The Morgan fingerprint density at radius 2 is 1.96 bits per heavy atom. The first-order valence-corrected chi connectivity index (χ1v) is 8.75. The Morgan fingerprint density at radius 1 is 1.21 bits per heavy atom. The highest BCUT2D eigenvalue weighted by Gasteiger charge is 2.36. The van der Waals surface area contributed by atoms with Crippen LogP contribution >= 0.6 is 0 Å². The Kier molecular flexibility index (Phi) is 4.62. The van der Waals surface area contributed by atoms with Gasteiger partial charge in [0.1, 0.15) is 6.54 Å². The van der Waals surface area contributed by atoms with Gasteiger partial charge in [0.2, 0.25) is 0 Å². The van der Waals surface area contributed by atoms with Crippen LogP contribution in [-0.4, -0.2) is 36.6 Å². The van der Waals surface area contributed by atoms with E-state index in [1.165, 1.54) is 6.20 Å². The number of hydrogen-bond donors (Lipinski definition) is 1. The summed E-state index contributed by atoms with van der Waals surface area (Å²) >= 11 is 0. The van der Waals surface area contributed by atoms with Gasteiger partial charge in [-0.25, -0.2) is 0 Å². The van der Waals surface area contributed by atoms with Crippen molar-refractivity contribution in [2.24, 2.45) is 0 Å². The fourth-order valence-corrected chi connectivity index (χ4v) is 3.03. The summed E-state index contributed by atoms with van der Waals surface area (Å²) in [5.41, 5.74) is 1.50. The molecule has 1 fully saturated rings. The number of amides is 1. The van der Waals surface area contributed by atoms with E-state index in [1.54, 1.807) is 29.3 Å². The molecule has 0 atom stereocenters. The summed E-state index contributed by atoms with van der Waals surface area (Å²) in [5.74, 6) is -0.247. The van der Waals surface area contributed by atoms with Gasteiger partial charge in [0.15, 0.2) is 5.82 Å². The lowest BCUT2D eigenvalue weighted by atomic mass is 10.1. The molecule has 146 valence electrons. The number of carbonyl (C=O) groups excluding carboxylic acids is 1. The van der Waals surface area contributed by atoms with E-state index in [0.717, 1.165) is 23.1 Å². The maximum absolute atomic E-state index is 12.8. The summed E-state index contributed by atoms with van der Waals surface area (Å²) in [4.78, 5) is 16.6. The van der Waals surface area contributed by atoms with E-state index in [0.29, 0.717) is 18.1 Å². The third kappa shape index (κ3) is 4.21. The van der Waals surface area contributed by atoms with Crippen LogP contribution in [0.1, 0.15) is 40.4 Å². The largest absolute Gasteiger partial charge is 0.408 e. The molecule has 0 unspecified atom stereocenters. The molecule has 3 aromatic heterocycles. The lowest BCUT2D eigenvalue weighted by molar-refractivity contribution is -0.143. The molecule has 0 aliphatic heterocycles. The Hall–Kier alpha value is -3.17. The van der Waals surface area contributed by atoms with Crippen LogP contribution in [0.15, 0.2) is 43.0 Å². The van der Waals surface area contributed by atoms with Gasteiger partial charge in [-0.15, -0.1) is 0 Å². The smallest absolute Gasteiger partial charge is 0.305 e. The molecule has 10 heteroatoms. The predicted octanol–water partition coefficient (Wildman–Crippen LogP) is 3.21. The summed E-state index contributed by atoms with van der Waals surface area (Å²) in [6.45, 7) is -0.693. The zero-order valence-corrected chi connectivity index (χ0v) is 14.7. The van der Waals surface area contributed by atoms with Crippen molar-refractivity contribution in [3.63, 3.8) is 0 Å². The first-order valence-electron chi connectivity index (χ1n) is 8.75. The second-order valence-corrected chi connectivity index (χ2v) is 6.70. The molecular formula is C18H17F3N6O. The van der Waals surface area contributed by atoms with E-state index in [-0.39, 0.29) is 11.5 Å². The minimum absolute atomic E-state index is 0.0603. The molecule has 4 rings (SSSR count). The van der Waals surface area contributed by atoms with Crippen molar-refractivity contribution in [1.29, 1.82) is 0 Å². The normalized spacial score (nSPS) is 14.2. The first-order chi connectivity index (χ1) is 13.4. The van der Waals surface area contributed by atoms with Gasteiger partial charge in [-0.2, -0.15) is 23.4 Å². The number of rotatable bonds is 6. The number of nitrogens with one attached hydrogen (secondary N) is 1. The van der Waals surface area contributed by atoms with Gasteiger partial charge >= 0.3 is 6.18 Å². The molecule has 1 aliphatic rings. The number of carbonyl (C=O) groups is 1. The zero-order chi connectivity index (χ0) is 19.7. The summed E-state index contributed by atoms with van der Waals surface area (Å²) < 4.78 is 40.8. The molecule has 1 N–H and O–H groups in total. The fourth-order valence-electron chi connectivity index (χ4n) is 3.03. The Balaban J connectivity index is 1.48. The van der Waals surface area contributed by atoms with E-state index in [1.807, 2.05) is 12.1 Å². The maximum Gasteiger partial charge on any atom is 0.408 e. The lowest BCUT2D eigenvalue weighted by Crippen LogP contribution is -2.21. The van der Waals surface area contributed by atoms with Crippen molar-refractivity contribution in [1.82, 2.24) is 24.5 Å². The molecule has 0 bridgehead atoms. The van der Waals surface area contributed by atoms with E-state index in [9.17, 15) is 18.0 Å². The van der Waals surface area contributed by atoms with Gasteiger partial charge < -0.3 is 5.32 Å². The summed E-state index contributed by atoms with van der Waals surface area (Å²) in [6.07, 6.45) is 3.39. The fraction of sp³-hybridized carbons (Fsp3) is 0.333. The molecule has 28 heavy (non-hydrogen) atoms. The highest BCUT2D eigenvalue weighted by molar-refractivity contribution is 6.04. The molecule has 7 nitrogen and oxygen atoms in total. The second-order valence-electron chi connectivity index (χ2n) is 6.70. The summed E-state index contributed by atoms with van der Waals surface area (Å²) in [5, 5.41) is 10.7. The first kappa shape index (κ1) is 18.2. The predicted molar refractivity (Wildman–Crippen MR) is 93.8 cm³/mol. The van der Waals surface area contributed by atoms with Crippen LogP contribution in [-0.2, 0) is 13.1 Å². The third-order valence-corrected chi connectivity index (χ3v) is 4.39. The molecule has 1 amide bonds. The molecule has 3 heterocycles. The van der Waals surface area contributed by atoms with Gasteiger partial charge in [-0.3, -0.25) is 19.1 Å². The average molecular weight is 390 g/mol. The minimum Gasteiger partial charge on any atom is -0.305 e. The minimum atomic E-state index is -4.39. The Labute approximate surface area is 158 Å². The van der Waals surface area contributed by atoms with Gasteiger partial charge in [-0.1, -0.05) is 0 Å². The molecule has 0 aromatic carbocycles. The lowest BCUT2D eigenvalue weighted by Gasteiger charge is -2.11. The van der Waals surface area contributed by atoms with E-state index in [2.05, 4.69) is 20.5 Å². The molecule has 1 aliphatic carbocycles. The van der Waals surface area contributed by atoms with E-state index >= 15 is 0 Å². The van der Waals surface area contributed by atoms with Crippen LogP contribution < -0.4 is 5.32 Å². The standard InChI is InChI=1S/C18H17F3N6O/c19-18(20,21)11-27-16(13-1-2-13)14(9-23-27)17(28)24-15-5-8-26(25-15)10-12-3-6-22-7-4-12/h3-9,13H,1-2,10-11H2,(H,24,25,28). The molecule has 1 saturated carbocycles. The monoisotopic (exact) mass is 390 g/mol. The maximum atomic E-state index is 12.8. The van der Waals surface area contributed by atoms with Gasteiger partial charge in [0, 0.05) is 30.6 Å². The van der Waals surface area contributed by atoms with Crippen LogP contribution in [0.25, 0.3) is 0 Å². The van der Waals surface area contributed by atoms with Crippen LogP contribution in [0, 0.1) is 0 Å². The van der Waals surface area contributed by atoms with Crippen molar-refractivity contribution < 1.29 is 18.0 Å².